The summed E-state index contributed by atoms with van der Waals surface area (Å²) in [6.07, 6.45) is 3.35. The molecule has 0 amide bonds. The van der Waals surface area contributed by atoms with Crippen LogP contribution in [-0.4, -0.2) is 35.4 Å². The van der Waals surface area contributed by atoms with E-state index in [2.05, 4.69) is 11.9 Å². The fourth-order valence-corrected chi connectivity index (χ4v) is 4.06. The normalized spacial score (nSPS) is 25.4. The molecule has 5 nitrogen and oxygen atoms in total. The number of aliphatic hydroxyl groups is 1. The summed E-state index contributed by atoms with van der Waals surface area (Å²) in [4.78, 5) is 3.97. The SMILES string of the molecule is CC1CCC(C)N(S(=O)(=O)c2ccc(CO)cn2)C1. The van der Waals surface area contributed by atoms with Crippen molar-refractivity contribution in [1.29, 1.82) is 0 Å². The van der Waals surface area contributed by atoms with Gasteiger partial charge in [0, 0.05) is 18.8 Å². The van der Waals surface area contributed by atoms with Crippen molar-refractivity contribution in [2.75, 3.05) is 6.54 Å². The Morgan fingerprint density at radius 1 is 1.37 bits per heavy atom. The van der Waals surface area contributed by atoms with Crippen molar-refractivity contribution in [3.8, 4) is 0 Å². The van der Waals surface area contributed by atoms with Crippen LogP contribution in [0.15, 0.2) is 23.4 Å². The van der Waals surface area contributed by atoms with Crippen LogP contribution in [0.3, 0.4) is 0 Å². The number of piperidine rings is 1. The van der Waals surface area contributed by atoms with Gasteiger partial charge in [-0.2, -0.15) is 4.31 Å². The fraction of sp³-hybridized carbons (Fsp3) is 0.615. The van der Waals surface area contributed by atoms with Crippen LogP contribution < -0.4 is 0 Å². The molecule has 0 aromatic carbocycles. The van der Waals surface area contributed by atoms with E-state index in [9.17, 15) is 8.42 Å². The maximum Gasteiger partial charge on any atom is 0.260 e. The predicted octanol–water partition coefficient (Wildman–Crippen LogP) is 1.38. The lowest BCUT2D eigenvalue weighted by Crippen LogP contribution is -2.45. The van der Waals surface area contributed by atoms with Crippen molar-refractivity contribution < 1.29 is 13.5 Å². The van der Waals surface area contributed by atoms with Gasteiger partial charge >= 0.3 is 0 Å². The van der Waals surface area contributed by atoms with Gasteiger partial charge in [0.05, 0.1) is 6.61 Å². The van der Waals surface area contributed by atoms with Crippen molar-refractivity contribution in [3.63, 3.8) is 0 Å². The van der Waals surface area contributed by atoms with E-state index in [4.69, 9.17) is 5.11 Å². The van der Waals surface area contributed by atoms with Crippen molar-refractivity contribution >= 4 is 10.0 Å². The highest BCUT2D eigenvalue weighted by molar-refractivity contribution is 7.89. The summed E-state index contributed by atoms with van der Waals surface area (Å²) in [6.45, 7) is 4.42. The van der Waals surface area contributed by atoms with Crippen LogP contribution in [-0.2, 0) is 16.6 Å². The number of hydrogen-bond donors (Lipinski definition) is 1. The van der Waals surface area contributed by atoms with E-state index in [0.717, 1.165) is 12.8 Å². The third kappa shape index (κ3) is 2.96. The molecule has 0 spiro atoms. The van der Waals surface area contributed by atoms with Crippen LogP contribution in [0.4, 0.5) is 0 Å². The van der Waals surface area contributed by atoms with E-state index in [-0.39, 0.29) is 17.7 Å². The van der Waals surface area contributed by atoms with Crippen molar-refractivity contribution in [2.45, 2.75) is 44.4 Å². The van der Waals surface area contributed by atoms with E-state index >= 15 is 0 Å². The first-order valence-corrected chi connectivity index (χ1v) is 7.96. The Bertz CT molecular complexity index is 527. The van der Waals surface area contributed by atoms with Crippen molar-refractivity contribution in [1.82, 2.24) is 9.29 Å². The zero-order chi connectivity index (χ0) is 14.0. The Hall–Kier alpha value is -0.980. The second-order valence-electron chi connectivity index (χ2n) is 5.27. The number of aromatic nitrogens is 1. The number of sulfonamides is 1. The second-order valence-corrected chi connectivity index (χ2v) is 7.11. The van der Waals surface area contributed by atoms with Crippen LogP contribution in [0.2, 0.25) is 0 Å². The highest BCUT2D eigenvalue weighted by Crippen LogP contribution is 2.27. The Morgan fingerprint density at radius 3 is 2.68 bits per heavy atom. The van der Waals surface area contributed by atoms with Crippen LogP contribution in [0.5, 0.6) is 0 Å². The summed E-state index contributed by atoms with van der Waals surface area (Å²) < 4.78 is 26.6. The maximum absolute atomic E-state index is 12.5. The third-order valence-corrected chi connectivity index (χ3v) is 5.51. The molecule has 2 atom stereocenters. The molecule has 0 aliphatic carbocycles. The average Bonchev–Trinajstić information content (AvgIpc) is 2.41. The Kier molecular flexibility index (Phi) is 4.23. The summed E-state index contributed by atoms with van der Waals surface area (Å²) >= 11 is 0. The zero-order valence-corrected chi connectivity index (χ0v) is 12.1. The number of nitrogens with zero attached hydrogens (tertiary/aromatic N) is 2. The van der Waals surface area contributed by atoms with Crippen LogP contribution in [0, 0.1) is 5.92 Å². The van der Waals surface area contributed by atoms with E-state index in [1.54, 1.807) is 10.4 Å². The lowest BCUT2D eigenvalue weighted by Gasteiger charge is -2.35. The molecule has 19 heavy (non-hydrogen) atoms. The maximum atomic E-state index is 12.5. The first-order valence-electron chi connectivity index (χ1n) is 6.52. The summed E-state index contributed by atoms with van der Waals surface area (Å²) in [5, 5.41) is 9.02. The van der Waals surface area contributed by atoms with Crippen LogP contribution in [0.1, 0.15) is 32.3 Å². The van der Waals surface area contributed by atoms with Gasteiger partial charge in [0.1, 0.15) is 0 Å². The molecule has 1 saturated heterocycles. The minimum Gasteiger partial charge on any atom is -0.392 e. The van der Waals surface area contributed by atoms with E-state index in [0.29, 0.717) is 18.0 Å². The molecule has 2 rings (SSSR count). The van der Waals surface area contributed by atoms with Gasteiger partial charge in [0.2, 0.25) is 0 Å². The molecule has 1 aromatic rings. The number of pyridine rings is 1. The van der Waals surface area contributed by atoms with Gasteiger partial charge in [0.25, 0.3) is 10.0 Å². The monoisotopic (exact) mass is 284 g/mol. The van der Waals surface area contributed by atoms with E-state index in [1.165, 1.54) is 12.3 Å². The minimum atomic E-state index is -3.53. The predicted molar refractivity (Wildman–Crippen MR) is 71.9 cm³/mol. The molecular weight excluding hydrogens is 264 g/mol. The molecule has 1 N–H and O–H groups in total. The molecule has 1 aliphatic rings. The molecule has 6 heteroatoms. The summed E-state index contributed by atoms with van der Waals surface area (Å²) in [6, 6.07) is 3.07. The molecule has 2 heterocycles. The van der Waals surface area contributed by atoms with E-state index < -0.39 is 10.0 Å². The summed E-state index contributed by atoms with van der Waals surface area (Å²) in [7, 11) is -3.53. The molecule has 1 aromatic heterocycles. The Labute approximate surface area is 114 Å². The topological polar surface area (TPSA) is 70.5 Å². The fourth-order valence-electron chi connectivity index (χ4n) is 2.36. The van der Waals surface area contributed by atoms with E-state index in [1.807, 2.05) is 6.92 Å². The standard InChI is InChI=1S/C13H20N2O3S/c1-10-3-4-11(2)15(8-10)19(17,18)13-6-5-12(9-16)7-14-13/h5-7,10-11,16H,3-4,8-9H2,1-2H3. The van der Waals surface area contributed by atoms with Gasteiger partial charge in [-0.05, 0) is 37.3 Å². The Balaban J connectivity index is 2.29. The van der Waals surface area contributed by atoms with Crippen LogP contribution in [0.25, 0.3) is 0 Å². The molecular formula is C13H20N2O3S. The lowest BCUT2D eigenvalue weighted by molar-refractivity contribution is 0.217. The highest BCUT2D eigenvalue weighted by atomic mass is 32.2. The summed E-state index contributed by atoms with van der Waals surface area (Å²) in [5.74, 6) is 0.377. The van der Waals surface area contributed by atoms with Crippen molar-refractivity contribution in [3.05, 3.63) is 23.9 Å². The van der Waals surface area contributed by atoms with Gasteiger partial charge < -0.3 is 5.11 Å². The quantitative estimate of drug-likeness (QED) is 0.910. The molecule has 1 aliphatic heterocycles. The van der Waals surface area contributed by atoms with Gasteiger partial charge in [-0.3, -0.25) is 0 Å². The Morgan fingerprint density at radius 2 is 2.11 bits per heavy atom. The zero-order valence-electron chi connectivity index (χ0n) is 11.3. The molecule has 0 bridgehead atoms. The first-order chi connectivity index (χ1) is 8.95. The van der Waals surface area contributed by atoms with Crippen LogP contribution >= 0.6 is 0 Å². The number of rotatable bonds is 3. The molecule has 1 fully saturated rings. The summed E-state index contributed by atoms with van der Waals surface area (Å²) in [5.41, 5.74) is 0.610. The van der Waals surface area contributed by atoms with Crippen molar-refractivity contribution in [2.24, 2.45) is 5.92 Å². The second kappa shape index (κ2) is 5.56. The van der Waals surface area contributed by atoms with Gasteiger partial charge in [-0.1, -0.05) is 13.0 Å². The molecule has 2 unspecified atom stereocenters. The largest absolute Gasteiger partial charge is 0.392 e. The van der Waals surface area contributed by atoms with Gasteiger partial charge in [-0.25, -0.2) is 13.4 Å². The smallest absolute Gasteiger partial charge is 0.260 e. The highest BCUT2D eigenvalue weighted by Gasteiger charge is 2.34. The average molecular weight is 284 g/mol. The first kappa shape index (κ1) is 14.4. The molecule has 106 valence electrons. The number of hydrogen-bond acceptors (Lipinski definition) is 4. The van der Waals surface area contributed by atoms with Gasteiger partial charge in [-0.15, -0.1) is 0 Å². The molecule has 0 saturated carbocycles. The third-order valence-electron chi connectivity index (χ3n) is 3.61. The van der Waals surface area contributed by atoms with Gasteiger partial charge in [0.15, 0.2) is 5.03 Å². The number of aliphatic hydroxyl groups excluding tert-OH is 1. The lowest BCUT2D eigenvalue weighted by atomic mass is 9.97. The molecule has 0 radical (unpaired) electrons. The minimum absolute atomic E-state index is 0.0144.